The van der Waals surface area contributed by atoms with Gasteiger partial charge in [-0.25, -0.2) is 4.79 Å². The third-order valence-corrected chi connectivity index (χ3v) is 4.73. The van der Waals surface area contributed by atoms with Gasteiger partial charge >= 0.3 is 6.09 Å². The number of benzene rings is 1. The van der Waals surface area contributed by atoms with Crippen molar-refractivity contribution < 1.29 is 19.1 Å². The van der Waals surface area contributed by atoms with E-state index in [4.69, 9.17) is 4.74 Å². The van der Waals surface area contributed by atoms with Gasteiger partial charge in [0.1, 0.15) is 6.61 Å². The lowest BCUT2D eigenvalue weighted by Crippen LogP contribution is -2.47. The van der Waals surface area contributed by atoms with Crippen LogP contribution in [-0.2, 0) is 20.9 Å². The molecule has 0 radical (unpaired) electrons. The quantitative estimate of drug-likeness (QED) is 0.679. The maximum atomic E-state index is 12.4. The molecule has 0 bridgehead atoms. The molecule has 1 aromatic rings. The van der Waals surface area contributed by atoms with Crippen LogP contribution < -0.4 is 5.32 Å². The van der Waals surface area contributed by atoms with Gasteiger partial charge in [0, 0.05) is 7.05 Å². The summed E-state index contributed by atoms with van der Waals surface area (Å²) in [7, 11) is 1.49. The monoisotopic (exact) mass is 328 g/mol. The van der Waals surface area contributed by atoms with Gasteiger partial charge in [0.15, 0.2) is 0 Å². The van der Waals surface area contributed by atoms with Gasteiger partial charge in [-0.15, -0.1) is 0 Å². The lowest BCUT2D eigenvalue weighted by atomic mass is 9.78. The highest BCUT2D eigenvalue weighted by Gasteiger charge is 2.51. The van der Waals surface area contributed by atoms with Crippen molar-refractivity contribution in [3.8, 4) is 0 Å². The molecule has 3 unspecified atom stereocenters. The summed E-state index contributed by atoms with van der Waals surface area (Å²) >= 11 is 0. The summed E-state index contributed by atoms with van der Waals surface area (Å²) in [6.45, 7) is 2.01. The summed E-state index contributed by atoms with van der Waals surface area (Å²) in [5.74, 6) is -1.37. The number of imide groups is 1. The first kappa shape index (κ1) is 16.2. The SMILES string of the molecule is CC1=CCC2C(=O)N(C)C(=O)C2C1NC(=O)OCc1ccccc1. The van der Waals surface area contributed by atoms with E-state index in [-0.39, 0.29) is 18.4 Å². The van der Waals surface area contributed by atoms with Crippen LogP contribution in [0.4, 0.5) is 4.79 Å². The zero-order valence-corrected chi connectivity index (χ0v) is 13.7. The van der Waals surface area contributed by atoms with Crippen LogP contribution in [0.25, 0.3) is 0 Å². The molecular formula is C18H20N2O4. The Morgan fingerprint density at radius 3 is 2.67 bits per heavy atom. The number of hydrogen-bond acceptors (Lipinski definition) is 4. The summed E-state index contributed by atoms with van der Waals surface area (Å²) in [5.41, 5.74) is 1.76. The van der Waals surface area contributed by atoms with E-state index in [1.165, 1.54) is 7.05 Å². The fourth-order valence-electron chi connectivity index (χ4n) is 3.35. The maximum Gasteiger partial charge on any atom is 0.407 e. The topological polar surface area (TPSA) is 75.7 Å². The minimum absolute atomic E-state index is 0.156. The molecule has 1 N–H and O–H groups in total. The highest BCUT2D eigenvalue weighted by atomic mass is 16.5. The Morgan fingerprint density at radius 2 is 1.96 bits per heavy atom. The molecular weight excluding hydrogens is 308 g/mol. The van der Waals surface area contributed by atoms with Gasteiger partial charge in [0.25, 0.3) is 0 Å². The molecule has 3 amide bonds. The second kappa shape index (κ2) is 6.47. The molecule has 24 heavy (non-hydrogen) atoms. The first-order valence-corrected chi connectivity index (χ1v) is 7.94. The summed E-state index contributed by atoms with van der Waals surface area (Å²) in [6, 6.07) is 8.85. The number of carbonyl (C=O) groups excluding carboxylic acids is 3. The number of rotatable bonds is 3. The van der Waals surface area contributed by atoms with Crippen molar-refractivity contribution in [2.45, 2.75) is 26.0 Å². The van der Waals surface area contributed by atoms with Crippen molar-refractivity contribution in [1.82, 2.24) is 10.2 Å². The van der Waals surface area contributed by atoms with E-state index >= 15 is 0 Å². The van der Waals surface area contributed by atoms with E-state index < -0.39 is 24.0 Å². The van der Waals surface area contributed by atoms with Gasteiger partial charge in [-0.3, -0.25) is 14.5 Å². The van der Waals surface area contributed by atoms with Crippen molar-refractivity contribution in [1.29, 1.82) is 0 Å². The second-order valence-electron chi connectivity index (χ2n) is 6.24. The van der Waals surface area contributed by atoms with Crippen LogP contribution in [0.2, 0.25) is 0 Å². The third-order valence-electron chi connectivity index (χ3n) is 4.73. The van der Waals surface area contributed by atoms with E-state index in [0.29, 0.717) is 6.42 Å². The number of alkyl carbamates (subject to hydrolysis) is 1. The van der Waals surface area contributed by atoms with Crippen LogP contribution in [-0.4, -0.2) is 35.9 Å². The molecule has 1 heterocycles. The third kappa shape index (κ3) is 2.91. The molecule has 0 aromatic heterocycles. The maximum absolute atomic E-state index is 12.4. The minimum Gasteiger partial charge on any atom is -0.445 e. The molecule has 0 spiro atoms. The summed E-state index contributed by atoms with van der Waals surface area (Å²) in [5, 5.41) is 2.75. The summed E-state index contributed by atoms with van der Waals surface area (Å²) in [4.78, 5) is 37.8. The number of hydrogen-bond donors (Lipinski definition) is 1. The van der Waals surface area contributed by atoms with Crippen LogP contribution >= 0.6 is 0 Å². The predicted molar refractivity (Wildman–Crippen MR) is 86.7 cm³/mol. The number of allylic oxidation sites excluding steroid dienone is 1. The standard InChI is InChI=1S/C18H20N2O4/c1-11-8-9-13-14(17(22)20(2)16(13)21)15(11)19-18(23)24-10-12-6-4-3-5-7-12/h3-8,13-15H,9-10H2,1-2H3,(H,19,23). The van der Waals surface area contributed by atoms with Crippen molar-refractivity contribution in [2.75, 3.05) is 7.05 Å². The molecule has 126 valence electrons. The molecule has 1 aliphatic heterocycles. The molecule has 3 atom stereocenters. The van der Waals surface area contributed by atoms with Gasteiger partial charge in [-0.1, -0.05) is 42.0 Å². The van der Waals surface area contributed by atoms with Crippen LogP contribution in [0, 0.1) is 11.8 Å². The minimum atomic E-state index is -0.591. The average molecular weight is 328 g/mol. The number of amides is 3. The van der Waals surface area contributed by atoms with Gasteiger partial charge in [0.05, 0.1) is 17.9 Å². The molecule has 1 aliphatic carbocycles. The Balaban J connectivity index is 1.67. The number of nitrogens with one attached hydrogen (secondary N) is 1. The molecule has 6 heteroatoms. The van der Waals surface area contributed by atoms with Crippen LogP contribution in [0.15, 0.2) is 42.0 Å². The Kier molecular flexibility index (Phi) is 4.38. The van der Waals surface area contributed by atoms with E-state index in [1.54, 1.807) is 0 Å². The summed E-state index contributed by atoms with van der Waals surface area (Å²) < 4.78 is 5.23. The first-order chi connectivity index (χ1) is 11.5. The number of nitrogens with zero attached hydrogens (tertiary/aromatic N) is 1. The second-order valence-corrected chi connectivity index (χ2v) is 6.24. The van der Waals surface area contributed by atoms with E-state index in [1.807, 2.05) is 43.3 Å². The number of carbonyl (C=O) groups is 3. The Labute approximate surface area is 140 Å². The normalized spacial score (nSPS) is 26.0. The Bertz CT molecular complexity index is 698. The van der Waals surface area contributed by atoms with Gasteiger partial charge in [-0.05, 0) is 18.9 Å². The summed E-state index contributed by atoms with van der Waals surface area (Å²) in [6.07, 6.45) is 1.85. The van der Waals surface area contributed by atoms with Gasteiger partial charge in [-0.2, -0.15) is 0 Å². The van der Waals surface area contributed by atoms with Crippen molar-refractivity contribution in [3.05, 3.63) is 47.5 Å². The number of likely N-dealkylation sites (tertiary alicyclic amines) is 1. The molecule has 1 fully saturated rings. The average Bonchev–Trinajstić information content (AvgIpc) is 2.81. The largest absolute Gasteiger partial charge is 0.445 e. The Morgan fingerprint density at radius 1 is 1.25 bits per heavy atom. The highest BCUT2D eigenvalue weighted by molar-refractivity contribution is 6.05. The fraction of sp³-hybridized carbons (Fsp3) is 0.389. The molecule has 1 saturated heterocycles. The molecule has 3 rings (SSSR count). The smallest absolute Gasteiger partial charge is 0.407 e. The number of ether oxygens (including phenoxy) is 1. The number of fused-ring (bicyclic) bond motifs is 1. The van der Waals surface area contributed by atoms with Crippen molar-refractivity contribution in [2.24, 2.45) is 11.8 Å². The predicted octanol–water partition coefficient (Wildman–Crippen LogP) is 1.86. The fourth-order valence-corrected chi connectivity index (χ4v) is 3.35. The van der Waals surface area contributed by atoms with Crippen molar-refractivity contribution >= 4 is 17.9 Å². The zero-order valence-electron chi connectivity index (χ0n) is 13.7. The van der Waals surface area contributed by atoms with E-state index in [0.717, 1.165) is 16.0 Å². The van der Waals surface area contributed by atoms with Crippen LogP contribution in [0.1, 0.15) is 18.9 Å². The Hall–Kier alpha value is -2.63. The van der Waals surface area contributed by atoms with E-state index in [2.05, 4.69) is 5.32 Å². The van der Waals surface area contributed by atoms with Crippen LogP contribution in [0.5, 0.6) is 0 Å². The molecule has 1 aromatic carbocycles. The van der Waals surface area contributed by atoms with Crippen molar-refractivity contribution in [3.63, 3.8) is 0 Å². The lowest BCUT2D eigenvalue weighted by Gasteiger charge is -2.30. The van der Waals surface area contributed by atoms with Gasteiger partial charge in [0.2, 0.25) is 11.8 Å². The first-order valence-electron chi connectivity index (χ1n) is 7.94. The zero-order chi connectivity index (χ0) is 17.3. The molecule has 6 nitrogen and oxygen atoms in total. The molecule has 0 saturated carbocycles. The van der Waals surface area contributed by atoms with E-state index in [9.17, 15) is 14.4 Å². The highest BCUT2D eigenvalue weighted by Crippen LogP contribution is 2.37. The van der Waals surface area contributed by atoms with Crippen LogP contribution in [0.3, 0.4) is 0 Å². The van der Waals surface area contributed by atoms with Gasteiger partial charge < -0.3 is 10.1 Å². The molecule has 2 aliphatic rings. The lowest BCUT2D eigenvalue weighted by molar-refractivity contribution is -0.138.